The minimum Gasteiger partial charge on any atom is -0.344 e. The van der Waals surface area contributed by atoms with Crippen molar-refractivity contribution >= 4 is 28.3 Å². The Hall–Kier alpha value is -2.21. The van der Waals surface area contributed by atoms with Crippen molar-refractivity contribution in [2.45, 2.75) is 38.6 Å². The predicted octanol–water partition coefficient (Wildman–Crippen LogP) is 3.44. The van der Waals surface area contributed by atoms with Crippen LogP contribution >= 0.6 is 11.3 Å². The third kappa shape index (κ3) is 4.00. The van der Waals surface area contributed by atoms with Gasteiger partial charge in [-0.15, -0.1) is 11.3 Å². The van der Waals surface area contributed by atoms with Gasteiger partial charge < -0.3 is 10.6 Å². The van der Waals surface area contributed by atoms with Gasteiger partial charge in [-0.1, -0.05) is 43.2 Å². The van der Waals surface area contributed by atoms with Crippen LogP contribution in [0.15, 0.2) is 35.7 Å². The summed E-state index contributed by atoms with van der Waals surface area (Å²) in [5.74, 6) is -0.139. The lowest BCUT2D eigenvalue weighted by atomic mass is 9.97. The van der Waals surface area contributed by atoms with Crippen molar-refractivity contribution < 1.29 is 9.59 Å². The third-order valence-electron chi connectivity index (χ3n) is 4.32. The zero-order valence-corrected chi connectivity index (χ0v) is 14.4. The van der Waals surface area contributed by atoms with E-state index in [1.54, 1.807) is 0 Å². The Morgan fingerprint density at radius 1 is 1.21 bits per heavy atom. The Morgan fingerprint density at radius 3 is 2.58 bits per heavy atom. The molecule has 2 aromatic rings. The highest BCUT2D eigenvalue weighted by Gasteiger charge is 2.31. The van der Waals surface area contributed by atoms with Crippen LogP contribution in [0.1, 0.15) is 32.6 Å². The first-order valence-electron chi connectivity index (χ1n) is 8.22. The van der Waals surface area contributed by atoms with Crippen LogP contribution in [0.2, 0.25) is 0 Å². The summed E-state index contributed by atoms with van der Waals surface area (Å²) in [6.07, 6.45) is 4.18. The summed E-state index contributed by atoms with van der Waals surface area (Å²) in [4.78, 5) is 28.6. The molecule has 1 aliphatic rings. The normalized spacial score (nSPS) is 15.9. The molecule has 2 N–H and O–H groups in total. The van der Waals surface area contributed by atoms with Gasteiger partial charge in [-0.3, -0.25) is 9.59 Å². The van der Waals surface area contributed by atoms with Gasteiger partial charge in [-0.25, -0.2) is 4.98 Å². The van der Waals surface area contributed by atoms with Crippen LogP contribution in [-0.2, 0) is 9.59 Å². The summed E-state index contributed by atoms with van der Waals surface area (Å²) in [6.45, 7) is 1.45. The Kier molecular flexibility index (Phi) is 5.25. The molecule has 1 saturated carbocycles. The zero-order chi connectivity index (χ0) is 16.9. The van der Waals surface area contributed by atoms with E-state index in [2.05, 4.69) is 15.6 Å². The number of hydrogen-bond acceptors (Lipinski definition) is 4. The van der Waals surface area contributed by atoms with Gasteiger partial charge in [0.2, 0.25) is 11.8 Å². The second-order valence-electron chi connectivity index (χ2n) is 6.12. The fourth-order valence-corrected chi connectivity index (χ4v) is 3.89. The smallest absolute Gasteiger partial charge is 0.249 e. The van der Waals surface area contributed by atoms with Crippen molar-refractivity contribution in [1.82, 2.24) is 10.3 Å². The van der Waals surface area contributed by atoms with Crippen molar-refractivity contribution in [3.05, 3.63) is 35.7 Å². The van der Waals surface area contributed by atoms with Crippen molar-refractivity contribution in [2.75, 3.05) is 5.32 Å². The van der Waals surface area contributed by atoms with Crippen LogP contribution in [0, 0.1) is 5.92 Å². The number of carbonyl (C=O) groups excluding carboxylic acids is 2. The number of benzene rings is 1. The van der Waals surface area contributed by atoms with E-state index in [4.69, 9.17) is 0 Å². The molecule has 126 valence electrons. The summed E-state index contributed by atoms with van der Waals surface area (Å²) in [5.41, 5.74) is 1.86. The molecule has 0 aliphatic heterocycles. The van der Waals surface area contributed by atoms with Crippen molar-refractivity contribution in [2.24, 2.45) is 5.92 Å². The van der Waals surface area contributed by atoms with Gasteiger partial charge in [0.15, 0.2) is 5.13 Å². The van der Waals surface area contributed by atoms with Crippen LogP contribution < -0.4 is 10.6 Å². The molecule has 1 aromatic carbocycles. The zero-order valence-electron chi connectivity index (χ0n) is 13.6. The molecule has 1 atom stereocenters. The Balaban J connectivity index is 1.70. The molecule has 1 unspecified atom stereocenters. The van der Waals surface area contributed by atoms with Crippen LogP contribution in [0.25, 0.3) is 11.3 Å². The van der Waals surface area contributed by atoms with E-state index in [1.807, 2.05) is 35.7 Å². The molecule has 1 heterocycles. The first kappa shape index (κ1) is 16.6. The van der Waals surface area contributed by atoms with Crippen LogP contribution in [0.4, 0.5) is 5.13 Å². The molecule has 0 radical (unpaired) electrons. The topological polar surface area (TPSA) is 71.1 Å². The minimum absolute atomic E-state index is 0.175. The van der Waals surface area contributed by atoms with Gasteiger partial charge in [0.1, 0.15) is 6.04 Å². The molecular weight excluding hydrogens is 322 g/mol. The van der Waals surface area contributed by atoms with E-state index in [1.165, 1.54) is 18.3 Å². The van der Waals surface area contributed by atoms with Crippen LogP contribution in [0.5, 0.6) is 0 Å². The standard InChI is InChI=1S/C18H21N3O2S/c1-12(22)19-16(14-9-5-6-10-14)17(23)21-18-20-15(11-24-18)13-7-3-2-4-8-13/h2-4,7-8,11,14,16H,5-6,9-10H2,1H3,(H,19,22)(H,20,21,23). The molecule has 5 nitrogen and oxygen atoms in total. The van der Waals surface area contributed by atoms with E-state index in [0.29, 0.717) is 5.13 Å². The summed E-state index contributed by atoms with van der Waals surface area (Å²) < 4.78 is 0. The molecule has 0 saturated heterocycles. The maximum absolute atomic E-state index is 12.6. The fourth-order valence-electron chi connectivity index (χ4n) is 3.16. The number of carbonyl (C=O) groups is 2. The van der Waals surface area contributed by atoms with E-state index in [9.17, 15) is 9.59 Å². The van der Waals surface area contributed by atoms with Crippen LogP contribution in [-0.4, -0.2) is 22.8 Å². The Morgan fingerprint density at radius 2 is 1.92 bits per heavy atom. The molecule has 1 aromatic heterocycles. The summed E-state index contributed by atoms with van der Waals surface area (Å²) >= 11 is 1.40. The number of thiazole rings is 1. The first-order chi connectivity index (χ1) is 11.6. The lowest BCUT2D eigenvalue weighted by Crippen LogP contribution is -2.47. The fraction of sp³-hybridized carbons (Fsp3) is 0.389. The summed E-state index contributed by atoms with van der Waals surface area (Å²) in [5, 5.41) is 8.16. The van der Waals surface area contributed by atoms with E-state index in [0.717, 1.165) is 36.9 Å². The SMILES string of the molecule is CC(=O)NC(C(=O)Nc1nc(-c2ccccc2)cs1)C1CCCC1. The molecule has 3 rings (SSSR count). The number of amides is 2. The molecule has 0 bridgehead atoms. The number of hydrogen-bond donors (Lipinski definition) is 2. The predicted molar refractivity (Wildman–Crippen MR) is 95.7 cm³/mol. The average molecular weight is 343 g/mol. The molecule has 0 spiro atoms. The molecule has 2 amide bonds. The number of aromatic nitrogens is 1. The van der Waals surface area contributed by atoms with Gasteiger partial charge in [0.25, 0.3) is 0 Å². The number of anilines is 1. The Labute approximate surface area is 145 Å². The summed E-state index contributed by atoms with van der Waals surface area (Å²) in [6, 6.07) is 9.37. The van der Waals surface area contributed by atoms with Gasteiger partial charge in [-0.05, 0) is 18.8 Å². The monoisotopic (exact) mass is 343 g/mol. The number of nitrogens with one attached hydrogen (secondary N) is 2. The average Bonchev–Trinajstić information content (AvgIpc) is 3.25. The van der Waals surface area contributed by atoms with E-state index >= 15 is 0 Å². The van der Waals surface area contributed by atoms with Gasteiger partial charge in [0, 0.05) is 17.9 Å². The number of rotatable bonds is 5. The first-order valence-corrected chi connectivity index (χ1v) is 9.10. The van der Waals surface area contributed by atoms with Crippen molar-refractivity contribution in [1.29, 1.82) is 0 Å². The van der Waals surface area contributed by atoms with Crippen molar-refractivity contribution in [3.63, 3.8) is 0 Å². The maximum Gasteiger partial charge on any atom is 0.249 e. The highest BCUT2D eigenvalue weighted by molar-refractivity contribution is 7.14. The van der Waals surface area contributed by atoms with Crippen LogP contribution in [0.3, 0.4) is 0 Å². The largest absolute Gasteiger partial charge is 0.344 e. The highest BCUT2D eigenvalue weighted by Crippen LogP contribution is 2.29. The molecular formula is C18H21N3O2S. The van der Waals surface area contributed by atoms with Crippen molar-refractivity contribution in [3.8, 4) is 11.3 Å². The lowest BCUT2D eigenvalue weighted by Gasteiger charge is -2.22. The van der Waals surface area contributed by atoms with E-state index < -0.39 is 6.04 Å². The molecule has 24 heavy (non-hydrogen) atoms. The van der Waals surface area contributed by atoms with E-state index in [-0.39, 0.29) is 17.7 Å². The third-order valence-corrected chi connectivity index (χ3v) is 5.07. The second-order valence-corrected chi connectivity index (χ2v) is 6.97. The minimum atomic E-state index is -0.478. The van der Waals surface area contributed by atoms with Gasteiger partial charge in [-0.2, -0.15) is 0 Å². The second kappa shape index (κ2) is 7.57. The van der Waals surface area contributed by atoms with Gasteiger partial charge in [0.05, 0.1) is 5.69 Å². The van der Waals surface area contributed by atoms with Gasteiger partial charge >= 0.3 is 0 Å². The lowest BCUT2D eigenvalue weighted by molar-refractivity contribution is -0.126. The molecule has 6 heteroatoms. The maximum atomic E-state index is 12.6. The number of nitrogens with zero attached hydrogens (tertiary/aromatic N) is 1. The highest BCUT2D eigenvalue weighted by atomic mass is 32.1. The quantitative estimate of drug-likeness (QED) is 0.873. The molecule has 1 fully saturated rings. The summed E-state index contributed by atoms with van der Waals surface area (Å²) in [7, 11) is 0. The Bertz CT molecular complexity index is 708. The molecule has 1 aliphatic carbocycles.